The van der Waals surface area contributed by atoms with Crippen LogP contribution in [-0.4, -0.2) is 34.5 Å². The first-order valence-electron chi connectivity index (χ1n) is 7.52. The van der Waals surface area contributed by atoms with Gasteiger partial charge in [0.1, 0.15) is 0 Å². The topological polar surface area (TPSA) is 35.8 Å². The second-order valence-corrected chi connectivity index (χ2v) is 7.43. The van der Waals surface area contributed by atoms with E-state index < -0.39 is 5.72 Å². The molecule has 0 bridgehead atoms. The summed E-state index contributed by atoms with van der Waals surface area (Å²) in [6, 6.07) is 16.0. The van der Waals surface area contributed by atoms with Gasteiger partial charge in [0.05, 0.1) is 5.25 Å². The number of hydrogen-bond acceptors (Lipinski definition) is 3. The zero-order valence-corrected chi connectivity index (χ0v) is 16.6. The molecule has 3 unspecified atom stereocenters. The first-order chi connectivity index (χ1) is 11.1. The zero-order chi connectivity index (χ0) is 16.2. The van der Waals surface area contributed by atoms with Crippen LogP contribution in [0.3, 0.4) is 0 Å². The van der Waals surface area contributed by atoms with Crippen molar-refractivity contribution in [1.82, 2.24) is 4.90 Å². The van der Waals surface area contributed by atoms with Crippen molar-refractivity contribution in [2.24, 2.45) is 4.99 Å². The van der Waals surface area contributed by atoms with Crippen LogP contribution in [0.25, 0.3) is 0 Å². The van der Waals surface area contributed by atoms with Crippen LogP contribution in [0.2, 0.25) is 5.02 Å². The highest BCUT2D eigenvalue weighted by molar-refractivity contribution is 8.93. The summed E-state index contributed by atoms with van der Waals surface area (Å²) >= 11 is 8.10. The summed E-state index contributed by atoms with van der Waals surface area (Å²) in [6.07, 6.45) is 0. The molecule has 2 aromatic carbocycles. The van der Waals surface area contributed by atoms with Gasteiger partial charge in [-0.05, 0) is 17.2 Å². The Morgan fingerprint density at radius 3 is 2.42 bits per heavy atom. The summed E-state index contributed by atoms with van der Waals surface area (Å²) in [5.41, 5.74) is 2.09. The molecule has 4 rings (SSSR count). The van der Waals surface area contributed by atoms with E-state index in [0.29, 0.717) is 0 Å². The van der Waals surface area contributed by atoms with Crippen LogP contribution < -0.4 is 0 Å². The number of aliphatic hydroxyl groups is 1. The normalized spacial score (nSPS) is 29.3. The molecule has 0 aromatic heterocycles. The number of hydrogen-bond donors (Lipinski definition) is 1. The average Bonchev–Trinajstić information content (AvgIpc) is 2.97. The van der Waals surface area contributed by atoms with Gasteiger partial charge in [-0.1, -0.05) is 65.8 Å². The summed E-state index contributed by atoms with van der Waals surface area (Å²) in [7, 11) is 3.67. The molecule has 1 N–H and O–H groups in total. The highest BCUT2D eigenvalue weighted by Gasteiger charge is 2.60. The van der Waals surface area contributed by atoms with E-state index in [-0.39, 0.29) is 28.1 Å². The SMILES string of the molecule is Br.CN=C1SC2C(c3ccccc3Cl)c3ccccc3C2(O)N1C. The van der Waals surface area contributed by atoms with Crippen molar-refractivity contribution in [2.75, 3.05) is 14.1 Å². The number of benzene rings is 2. The maximum atomic E-state index is 11.6. The fourth-order valence-electron chi connectivity index (χ4n) is 3.77. The second kappa shape index (κ2) is 6.37. The van der Waals surface area contributed by atoms with E-state index >= 15 is 0 Å². The number of aliphatic imine (C=N–C) groups is 1. The van der Waals surface area contributed by atoms with Gasteiger partial charge in [0.2, 0.25) is 0 Å². The van der Waals surface area contributed by atoms with Gasteiger partial charge in [-0.15, -0.1) is 17.0 Å². The highest BCUT2D eigenvalue weighted by atomic mass is 79.9. The van der Waals surface area contributed by atoms with Crippen molar-refractivity contribution < 1.29 is 5.11 Å². The van der Waals surface area contributed by atoms with Gasteiger partial charge in [-0.3, -0.25) is 4.99 Å². The quantitative estimate of drug-likeness (QED) is 0.742. The van der Waals surface area contributed by atoms with Crippen LogP contribution in [-0.2, 0) is 5.72 Å². The van der Waals surface area contributed by atoms with Crippen molar-refractivity contribution in [3.63, 3.8) is 0 Å². The first-order valence-corrected chi connectivity index (χ1v) is 8.78. The summed E-state index contributed by atoms with van der Waals surface area (Å²) in [4.78, 5) is 6.22. The third-order valence-electron chi connectivity index (χ3n) is 4.85. The molecule has 0 radical (unpaired) electrons. The molecule has 126 valence electrons. The van der Waals surface area contributed by atoms with Gasteiger partial charge >= 0.3 is 0 Å². The Bertz CT molecular complexity index is 815. The lowest BCUT2D eigenvalue weighted by molar-refractivity contribution is -0.0516. The van der Waals surface area contributed by atoms with Crippen molar-refractivity contribution in [3.8, 4) is 0 Å². The van der Waals surface area contributed by atoms with E-state index in [9.17, 15) is 5.11 Å². The van der Waals surface area contributed by atoms with Crippen molar-refractivity contribution in [2.45, 2.75) is 16.9 Å². The molecule has 24 heavy (non-hydrogen) atoms. The second-order valence-electron chi connectivity index (χ2n) is 5.92. The molecule has 2 aliphatic rings. The molecule has 2 aromatic rings. The van der Waals surface area contributed by atoms with Crippen LogP contribution in [0.1, 0.15) is 22.6 Å². The number of thioether (sulfide) groups is 1. The molecule has 6 heteroatoms. The van der Waals surface area contributed by atoms with Crippen LogP contribution in [0.4, 0.5) is 0 Å². The fraction of sp³-hybridized carbons (Fsp3) is 0.278. The number of halogens is 2. The summed E-state index contributed by atoms with van der Waals surface area (Å²) in [6.45, 7) is 0. The molecule has 0 spiro atoms. The van der Waals surface area contributed by atoms with Gasteiger partial charge in [0.15, 0.2) is 10.9 Å². The number of fused-ring (bicyclic) bond motifs is 3. The minimum Gasteiger partial charge on any atom is -0.366 e. The van der Waals surface area contributed by atoms with Gasteiger partial charge in [0.25, 0.3) is 0 Å². The largest absolute Gasteiger partial charge is 0.366 e. The maximum absolute atomic E-state index is 11.6. The third kappa shape index (κ3) is 2.25. The van der Waals surface area contributed by atoms with Gasteiger partial charge < -0.3 is 10.0 Å². The predicted octanol–water partition coefficient (Wildman–Crippen LogP) is 4.24. The molecular weight excluding hydrogens is 408 g/mol. The molecular formula is C18H18BrClN2OS. The lowest BCUT2D eigenvalue weighted by atomic mass is 9.92. The van der Waals surface area contributed by atoms with Crippen molar-refractivity contribution in [1.29, 1.82) is 0 Å². The van der Waals surface area contributed by atoms with E-state index in [1.807, 2.05) is 48.3 Å². The van der Waals surface area contributed by atoms with E-state index in [0.717, 1.165) is 26.9 Å². The molecule has 0 saturated carbocycles. The van der Waals surface area contributed by atoms with Crippen LogP contribution >= 0.6 is 40.3 Å². The van der Waals surface area contributed by atoms with E-state index in [4.69, 9.17) is 11.6 Å². The van der Waals surface area contributed by atoms with Gasteiger partial charge in [-0.25, -0.2) is 0 Å². The van der Waals surface area contributed by atoms with Crippen LogP contribution in [0, 0.1) is 0 Å². The molecule has 1 fully saturated rings. The Labute approximate surface area is 161 Å². The van der Waals surface area contributed by atoms with E-state index in [1.54, 1.807) is 18.8 Å². The lowest BCUT2D eigenvalue weighted by Gasteiger charge is -2.32. The predicted molar refractivity (Wildman–Crippen MR) is 106 cm³/mol. The molecule has 1 saturated heterocycles. The van der Waals surface area contributed by atoms with Crippen LogP contribution in [0.5, 0.6) is 0 Å². The first kappa shape index (κ1) is 17.8. The maximum Gasteiger partial charge on any atom is 0.179 e. The lowest BCUT2D eigenvalue weighted by Crippen LogP contribution is -2.44. The standard InChI is InChI=1S/C18H17ClN2OS.BrH/c1-20-17-21(2)18(22)13-9-5-3-7-11(13)15(16(18)23-17)12-8-4-6-10-14(12)19;/h3-10,15-16,22H,1-2H3;1H. The minimum atomic E-state index is -1.06. The Morgan fingerprint density at radius 2 is 1.75 bits per heavy atom. The highest BCUT2D eigenvalue weighted by Crippen LogP contribution is 2.59. The molecule has 1 aliphatic carbocycles. The Kier molecular flexibility index (Phi) is 4.73. The third-order valence-corrected chi connectivity index (χ3v) is 6.72. The van der Waals surface area contributed by atoms with Gasteiger partial charge in [0, 0.05) is 30.6 Å². The van der Waals surface area contributed by atoms with E-state index in [2.05, 4.69) is 17.1 Å². The summed E-state index contributed by atoms with van der Waals surface area (Å²) in [5, 5.41) is 13.1. The fourth-order valence-corrected chi connectivity index (χ4v) is 5.53. The number of nitrogens with zero attached hydrogens (tertiary/aromatic N) is 2. The summed E-state index contributed by atoms with van der Waals surface area (Å²) < 4.78 is 0. The molecule has 3 nitrogen and oxygen atoms in total. The number of rotatable bonds is 1. The molecule has 0 amide bonds. The molecule has 3 atom stereocenters. The average molecular weight is 426 g/mol. The Hall–Kier alpha value is -1.01. The molecule has 1 aliphatic heterocycles. The Balaban J connectivity index is 0.00000169. The smallest absolute Gasteiger partial charge is 0.179 e. The zero-order valence-electron chi connectivity index (χ0n) is 13.3. The minimum absolute atomic E-state index is 0. The number of amidine groups is 1. The monoisotopic (exact) mass is 424 g/mol. The van der Waals surface area contributed by atoms with Crippen molar-refractivity contribution in [3.05, 3.63) is 70.2 Å². The summed E-state index contributed by atoms with van der Waals surface area (Å²) in [5.74, 6) is 0.0385. The van der Waals surface area contributed by atoms with Gasteiger partial charge in [-0.2, -0.15) is 0 Å². The Morgan fingerprint density at radius 1 is 1.12 bits per heavy atom. The van der Waals surface area contributed by atoms with Crippen LogP contribution in [0.15, 0.2) is 53.5 Å². The van der Waals surface area contributed by atoms with E-state index in [1.165, 1.54) is 0 Å². The molecule has 1 heterocycles. The van der Waals surface area contributed by atoms with Crippen molar-refractivity contribution >= 4 is 45.5 Å².